The van der Waals surface area contributed by atoms with Crippen LogP contribution in [0.4, 0.5) is 5.69 Å². The molecule has 1 N–H and O–H groups in total. The van der Waals surface area contributed by atoms with Crippen LogP contribution in [0.25, 0.3) is 0 Å². The van der Waals surface area contributed by atoms with Crippen molar-refractivity contribution < 1.29 is 9.47 Å². The number of hydrogen-bond donors (Lipinski definition) is 1. The number of methoxy groups -OCH3 is 1. The number of ether oxygens (including phenoxy) is 2. The summed E-state index contributed by atoms with van der Waals surface area (Å²) < 4.78 is 11.3. The van der Waals surface area contributed by atoms with E-state index < -0.39 is 0 Å². The first-order valence-electron chi connectivity index (χ1n) is 10.8. The summed E-state index contributed by atoms with van der Waals surface area (Å²) in [5, 5.41) is 3.54. The molecule has 0 aliphatic carbocycles. The highest BCUT2D eigenvalue weighted by Gasteiger charge is 2.24. The van der Waals surface area contributed by atoms with E-state index in [9.17, 15) is 0 Å². The molecule has 7 heteroatoms. The summed E-state index contributed by atoms with van der Waals surface area (Å²) in [5.41, 5.74) is 1.22. The smallest absolute Gasteiger partial charge is 0.193 e. The molecule has 162 valence electrons. The fourth-order valence-electron chi connectivity index (χ4n) is 4.11. The molecule has 1 aromatic carbocycles. The third-order valence-corrected chi connectivity index (χ3v) is 5.54. The largest absolute Gasteiger partial charge is 0.497 e. The van der Waals surface area contributed by atoms with E-state index in [2.05, 4.69) is 51.0 Å². The van der Waals surface area contributed by atoms with Gasteiger partial charge < -0.3 is 24.6 Å². The lowest BCUT2D eigenvalue weighted by Gasteiger charge is -2.38. The van der Waals surface area contributed by atoms with Gasteiger partial charge in [0.2, 0.25) is 0 Å². The molecule has 0 spiro atoms. The maximum atomic E-state index is 5.97. The standard InChI is InChI=1S/C22H37N5O2/c1-18(2)16-25-12-13-29-21(17-25)15-24-22(23-3)27-10-8-26(9-11-27)19-6-5-7-20(14-19)28-4/h5-7,14,18,21H,8-13,15-17H2,1-4H3,(H,23,24). The molecule has 1 aromatic rings. The predicted octanol–water partition coefficient (Wildman–Crippen LogP) is 1.75. The lowest BCUT2D eigenvalue weighted by molar-refractivity contribution is -0.0286. The Morgan fingerprint density at radius 1 is 1.24 bits per heavy atom. The van der Waals surface area contributed by atoms with Crippen molar-refractivity contribution in [3.05, 3.63) is 24.3 Å². The number of nitrogens with one attached hydrogen (secondary N) is 1. The molecule has 0 amide bonds. The van der Waals surface area contributed by atoms with E-state index in [-0.39, 0.29) is 6.10 Å². The highest BCUT2D eigenvalue weighted by molar-refractivity contribution is 5.80. The van der Waals surface area contributed by atoms with E-state index >= 15 is 0 Å². The van der Waals surface area contributed by atoms with Gasteiger partial charge in [-0.05, 0) is 18.1 Å². The van der Waals surface area contributed by atoms with Gasteiger partial charge in [0.05, 0.1) is 19.8 Å². The van der Waals surface area contributed by atoms with Crippen molar-refractivity contribution in [2.75, 3.05) is 78.0 Å². The van der Waals surface area contributed by atoms with Crippen LogP contribution in [0.5, 0.6) is 5.75 Å². The molecule has 1 unspecified atom stereocenters. The second-order valence-electron chi connectivity index (χ2n) is 8.25. The van der Waals surface area contributed by atoms with Crippen molar-refractivity contribution in [3.63, 3.8) is 0 Å². The number of anilines is 1. The summed E-state index contributed by atoms with van der Waals surface area (Å²) >= 11 is 0. The molecule has 0 radical (unpaired) electrons. The van der Waals surface area contributed by atoms with Gasteiger partial charge in [-0.2, -0.15) is 0 Å². The number of piperazine rings is 1. The maximum Gasteiger partial charge on any atom is 0.193 e. The van der Waals surface area contributed by atoms with Crippen molar-refractivity contribution in [3.8, 4) is 5.75 Å². The summed E-state index contributed by atoms with van der Waals surface area (Å²) in [7, 11) is 3.58. The number of guanidine groups is 1. The normalized spacial score (nSPS) is 21.6. The first-order chi connectivity index (χ1) is 14.1. The highest BCUT2D eigenvalue weighted by Crippen LogP contribution is 2.22. The van der Waals surface area contributed by atoms with Crippen LogP contribution in [0.3, 0.4) is 0 Å². The minimum atomic E-state index is 0.220. The van der Waals surface area contributed by atoms with E-state index in [1.807, 2.05) is 19.2 Å². The Balaban J connectivity index is 1.46. The van der Waals surface area contributed by atoms with Crippen molar-refractivity contribution in [2.45, 2.75) is 20.0 Å². The average Bonchev–Trinajstić information content (AvgIpc) is 2.74. The summed E-state index contributed by atoms with van der Waals surface area (Å²) in [4.78, 5) is 11.8. The van der Waals surface area contributed by atoms with E-state index in [0.717, 1.165) is 70.7 Å². The third-order valence-electron chi connectivity index (χ3n) is 5.54. The zero-order valence-corrected chi connectivity index (χ0v) is 18.4. The van der Waals surface area contributed by atoms with Gasteiger partial charge in [0.15, 0.2) is 5.96 Å². The second kappa shape index (κ2) is 10.7. The van der Waals surface area contributed by atoms with Crippen LogP contribution in [0.2, 0.25) is 0 Å². The number of aliphatic imine (C=N–C) groups is 1. The Labute approximate surface area is 175 Å². The molecule has 2 aliphatic heterocycles. The van der Waals surface area contributed by atoms with E-state index in [4.69, 9.17) is 9.47 Å². The molecule has 0 aromatic heterocycles. The molecule has 2 aliphatic rings. The van der Waals surface area contributed by atoms with Crippen LogP contribution in [0.15, 0.2) is 29.3 Å². The van der Waals surface area contributed by atoms with Crippen LogP contribution in [-0.2, 0) is 4.74 Å². The van der Waals surface area contributed by atoms with Crippen molar-refractivity contribution in [2.24, 2.45) is 10.9 Å². The van der Waals surface area contributed by atoms with E-state index in [1.54, 1.807) is 7.11 Å². The first-order valence-corrected chi connectivity index (χ1v) is 10.8. The molecule has 7 nitrogen and oxygen atoms in total. The first kappa shape index (κ1) is 21.7. The molecule has 2 fully saturated rings. The van der Waals surface area contributed by atoms with Gasteiger partial charge >= 0.3 is 0 Å². The number of hydrogen-bond acceptors (Lipinski definition) is 5. The topological polar surface area (TPSA) is 52.6 Å². The lowest BCUT2D eigenvalue weighted by Crippen LogP contribution is -2.55. The lowest BCUT2D eigenvalue weighted by atomic mass is 10.2. The fraction of sp³-hybridized carbons (Fsp3) is 0.682. The Hall–Kier alpha value is -1.99. The van der Waals surface area contributed by atoms with Crippen LogP contribution in [-0.4, -0.2) is 95.0 Å². The van der Waals surface area contributed by atoms with Gasteiger partial charge in [-0.25, -0.2) is 0 Å². The third kappa shape index (κ3) is 6.24. The number of benzene rings is 1. The Kier molecular flexibility index (Phi) is 8.00. The van der Waals surface area contributed by atoms with Gasteiger partial charge in [0.25, 0.3) is 0 Å². The monoisotopic (exact) mass is 403 g/mol. The molecular weight excluding hydrogens is 366 g/mol. The molecule has 29 heavy (non-hydrogen) atoms. The summed E-state index contributed by atoms with van der Waals surface area (Å²) in [6, 6.07) is 8.29. The SMILES string of the molecule is CN=C(NCC1CN(CC(C)C)CCO1)N1CCN(c2cccc(OC)c2)CC1. The van der Waals surface area contributed by atoms with Crippen LogP contribution >= 0.6 is 0 Å². The predicted molar refractivity (Wildman–Crippen MR) is 119 cm³/mol. The van der Waals surface area contributed by atoms with E-state index in [0.29, 0.717) is 5.92 Å². The quantitative estimate of drug-likeness (QED) is 0.577. The summed E-state index contributed by atoms with van der Waals surface area (Å²) in [6.45, 7) is 13.2. The Morgan fingerprint density at radius 3 is 2.72 bits per heavy atom. The minimum absolute atomic E-state index is 0.220. The zero-order chi connectivity index (χ0) is 20.6. The fourth-order valence-corrected chi connectivity index (χ4v) is 4.11. The van der Waals surface area contributed by atoms with Gasteiger partial charge in [0, 0.05) is 71.2 Å². The minimum Gasteiger partial charge on any atom is -0.497 e. The number of morpholine rings is 1. The average molecular weight is 404 g/mol. The summed E-state index contributed by atoms with van der Waals surface area (Å²) in [5.74, 6) is 2.57. The van der Waals surface area contributed by atoms with Gasteiger partial charge in [0.1, 0.15) is 5.75 Å². The van der Waals surface area contributed by atoms with Gasteiger partial charge in [-0.15, -0.1) is 0 Å². The molecule has 2 heterocycles. The summed E-state index contributed by atoms with van der Waals surface area (Å²) in [6.07, 6.45) is 0.220. The molecule has 0 bridgehead atoms. The molecule has 3 rings (SSSR count). The maximum absolute atomic E-state index is 5.97. The van der Waals surface area contributed by atoms with E-state index in [1.165, 1.54) is 5.69 Å². The molecule has 0 saturated carbocycles. The van der Waals surface area contributed by atoms with Crippen molar-refractivity contribution in [1.29, 1.82) is 0 Å². The molecule has 1 atom stereocenters. The number of rotatable bonds is 6. The molecule has 2 saturated heterocycles. The van der Waals surface area contributed by atoms with Gasteiger partial charge in [-0.1, -0.05) is 19.9 Å². The highest BCUT2D eigenvalue weighted by atomic mass is 16.5. The van der Waals surface area contributed by atoms with Crippen LogP contribution in [0, 0.1) is 5.92 Å². The Morgan fingerprint density at radius 2 is 2.03 bits per heavy atom. The van der Waals surface area contributed by atoms with Crippen LogP contribution < -0.4 is 15.0 Å². The number of nitrogens with zero attached hydrogens (tertiary/aromatic N) is 4. The van der Waals surface area contributed by atoms with Crippen molar-refractivity contribution in [1.82, 2.24) is 15.1 Å². The molecular formula is C22H37N5O2. The zero-order valence-electron chi connectivity index (χ0n) is 18.4. The van der Waals surface area contributed by atoms with Crippen LogP contribution in [0.1, 0.15) is 13.8 Å². The van der Waals surface area contributed by atoms with Crippen molar-refractivity contribution >= 4 is 11.6 Å². The van der Waals surface area contributed by atoms with Gasteiger partial charge in [-0.3, -0.25) is 9.89 Å². The second-order valence-corrected chi connectivity index (χ2v) is 8.25. The Bertz CT molecular complexity index is 658.